The van der Waals surface area contributed by atoms with Crippen LogP contribution in [0.15, 0.2) is 11.6 Å². The number of esters is 1. The largest absolute Gasteiger partial charge is 0.454 e. The van der Waals surface area contributed by atoms with Crippen molar-refractivity contribution in [1.82, 2.24) is 0 Å². The second kappa shape index (κ2) is 3.96. The predicted octanol–water partition coefficient (Wildman–Crippen LogP) is 3.42. The molecule has 3 atom stereocenters. The zero-order chi connectivity index (χ0) is 14.8. The summed E-state index contributed by atoms with van der Waals surface area (Å²) in [6.07, 6.45) is 6.08. The molecule has 0 bridgehead atoms. The Balaban J connectivity index is 2.18. The molecule has 0 aromatic carbocycles. The highest BCUT2D eigenvalue weighted by Crippen LogP contribution is 2.63. The van der Waals surface area contributed by atoms with Crippen LogP contribution in [0.2, 0.25) is 0 Å². The van der Waals surface area contributed by atoms with Crippen molar-refractivity contribution in [1.29, 1.82) is 0 Å². The Morgan fingerprint density at radius 2 is 1.85 bits per heavy atom. The standard InChI is InChI=1S/C17H24O3/c1-11-10-12(18)14-15(2,3)7-5-8-16(14,4)17(11)9-6-13(19)20-17/h10,14H,5-9H2,1-4H3/t14?,16-,17+/m0/s1. The van der Waals surface area contributed by atoms with Crippen molar-refractivity contribution in [2.24, 2.45) is 16.7 Å². The van der Waals surface area contributed by atoms with Gasteiger partial charge in [-0.05, 0) is 36.8 Å². The molecular formula is C17H24O3. The minimum absolute atomic E-state index is 0.0245. The van der Waals surface area contributed by atoms with Crippen LogP contribution in [0.4, 0.5) is 0 Å². The first-order valence-corrected chi connectivity index (χ1v) is 7.67. The SMILES string of the molecule is CC1=CC(=O)C2C(C)(C)CCC[C@]2(C)[C@@]12CCC(=O)O2. The van der Waals surface area contributed by atoms with Gasteiger partial charge in [-0.2, -0.15) is 0 Å². The number of hydrogen-bond donors (Lipinski definition) is 0. The lowest BCUT2D eigenvalue weighted by molar-refractivity contribution is -0.178. The van der Waals surface area contributed by atoms with Gasteiger partial charge in [0.1, 0.15) is 5.60 Å². The average Bonchev–Trinajstić information content (AvgIpc) is 2.70. The summed E-state index contributed by atoms with van der Waals surface area (Å²) < 4.78 is 5.86. The average molecular weight is 276 g/mol. The van der Waals surface area contributed by atoms with Crippen molar-refractivity contribution in [2.45, 2.75) is 65.4 Å². The molecule has 1 unspecified atom stereocenters. The first kappa shape index (κ1) is 13.8. The van der Waals surface area contributed by atoms with E-state index in [1.165, 1.54) is 0 Å². The van der Waals surface area contributed by atoms with Crippen LogP contribution in [0.5, 0.6) is 0 Å². The Hall–Kier alpha value is -1.12. The van der Waals surface area contributed by atoms with Crippen LogP contribution < -0.4 is 0 Å². The Kier molecular flexibility index (Phi) is 2.74. The maximum absolute atomic E-state index is 12.7. The third-order valence-corrected chi connectivity index (χ3v) is 6.11. The van der Waals surface area contributed by atoms with E-state index in [4.69, 9.17) is 4.74 Å². The van der Waals surface area contributed by atoms with Crippen molar-refractivity contribution >= 4 is 11.8 Å². The number of rotatable bonds is 0. The normalized spacial score (nSPS) is 43.2. The Labute approximate surface area is 120 Å². The lowest BCUT2D eigenvalue weighted by Crippen LogP contribution is -2.61. The van der Waals surface area contributed by atoms with Crippen LogP contribution in [0.1, 0.15) is 59.8 Å². The Morgan fingerprint density at radius 3 is 2.45 bits per heavy atom. The molecule has 3 rings (SSSR count). The topological polar surface area (TPSA) is 43.4 Å². The van der Waals surface area contributed by atoms with Crippen LogP contribution >= 0.6 is 0 Å². The molecule has 3 heteroatoms. The zero-order valence-electron chi connectivity index (χ0n) is 12.9. The van der Waals surface area contributed by atoms with Gasteiger partial charge in [0.25, 0.3) is 0 Å². The van der Waals surface area contributed by atoms with Crippen molar-refractivity contribution in [2.75, 3.05) is 0 Å². The molecule has 1 saturated carbocycles. The van der Waals surface area contributed by atoms with Crippen molar-refractivity contribution in [3.05, 3.63) is 11.6 Å². The molecule has 1 spiro atoms. The minimum Gasteiger partial charge on any atom is -0.454 e. The van der Waals surface area contributed by atoms with E-state index >= 15 is 0 Å². The number of allylic oxidation sites excluding steroid dienone is 1. The highest BCUT2D eigenvalue weighted by Gasteiger charge is 2.65. The molecule has 3 aliphatic rings. The molecule has 0 amide bonds. The molecule has 2 aliphatic carbocycles. The molecule has 1 saturated heterocycles. The molecule has 2 fully saturated rings. The number of carbonyl (C=O) groups excluding carboxylic acids is 2. The second-order valence-corrected chi connectivity index (χ2v) is 7.72. The second-order valence-electron chi connectivity index (χ2n) is 7.72. The zero-order valence-corrected chi connectivity index (χ0v) is 12.9. The first-order valence-electron chi connectivity index (χ1n) is 7.67. The summed E-state index contributed by atoms with van der Waals surface area (Å²) >= 11 is 0. The first-order chi connectivity index (χ1) is 9.23. The summed E-state index contributed by atoms with van der Waals surface area (Å²) in [7, 11) is 0. The molecule has 0 N–H and O–H groups in total. The molecular weight excluding hydrogens is 252 g/mol. The van der Waals surface area contributed by atoms with E-state index in [1.54, 1.807) is 6.08 Å². The number of carbonyl (C=O) groups is 2. The maximum atomic E-state index is 12.7. The van der Waals surface area contributed by atoms with Crippen molar-refractivity contribution < 1.29 is 14.3 Å². The van der Waals surface area contributed by atoms with E-state index in [9.17, 15) is 9.59 Å². The van der Waals surface area contributed by atoms with Crippen LogP contribution in [-0.4, -0.2) is 17.4 Å². The summed E-state index contributed by atoms with van der Waals surface area (Å²) in [5.41, 5.74) is 0.130. The number of fused-ring (bicyclic) bond motifs is 2. The van der Waals surface area contributed by atoms with E-state index in [0.717, 1.165) is 31.3 Å². The molecule has 0 radical (unpaired) electrons. The summed E-state index contributed by atoms with van der Waals surface area (Å²) in [4.78, 5) is 24.5. The van der Waals surface area contributed by atoms with Gasteiger partial charge >= 0.3 is 5.97 Å². The lowest BCUT2D eigenvalue weighted by Gasteiger charge is -2.59. The van der Waals surface area contributed by atoms with Gasteiger partial charge in [-0.3, -0.25) is 9.59 Å². The molecule has 110 valence electrons. The monoisotopic (exact) mass is 276 g/mol. The quantitative estimate of drug-likeness (QED) is 0.637. The van der Waals surface area contributed by atoms with Gasteiger partial charge in [0.15, 0.2) is 5.78 Å². The summed E-state index contributed by atoms with van der Waals surface area (Å²) in [6.45, 7) is 8.50. The van der Waals surface area contributed by atoms with Gasteiger partial charge in [0.05, 0.1) is 0 Å². The molecule has 0 aromatic heterocycles. The predicted molar refractivity (Wildman–Crippen MR) is 76.1 cm³/mol. The molecule has 1 heterocycles. The Bertz CT molecular complexity index is 516. The van der Waals surface area contributed by atoms with Gasteiger partial charge in [-0.15, -0.1) is 0 Å². The summed E-state index contributed by atoms with van der Waals surface area (Å²) in [5.74, 6) is 0.0667. The fourth-order valence-electron chi connectivity index (χ4n) is 5.31. The van der Waals surface area contributed by atoms with Crippen LogP contribution in [-0.2, 0) is 14.3 Å². The van der Waals surface area contributed by atoms with Crippen LogP contribution in [0, 0.1) is 16.7 Å². The molecule has 0 aromatic rings. The van der Waals surface area contributed by atoms with Gasteiger partial charge in [-0.25, -0.2) is 0 Å². The highest BCUT2D eigenvalue weighted by molar-refractivity contribution is 5.96. The van der Waals surface area contributed by atoms with E-state index in [0.29, 0.717) is 6.42 Å². The van der Waals surface area contributed by atoms with E-state index in [-0.39, 0.29) is 28.5 Å². The number of hydrogen-bond acceptors (Lipinski definition) is 3. The number of ketones is 1. The van der Waals surface area contributed by atoms with E-state index < -0.39 is 5.60 Å². The number of ether oxygens (including phenoxy) is 1. The lowest BCUT2D eigenvalue weighted by atomic mass is 9.46. The minimum atomic E-state index is -0.541. The molecule has 3 nitrogen and oxygen atoms in total. The van der Waals surface area contributed by atoms with Crippen LogP contribution in [0.3, 0.4) is 0 Å². The van der Waals surface area contributed by atoms with Gasteiger partial charge in [0, 0.05) is 24.2 Å². The van der Waals surface area contributed by atoms with Gasteiger partial charge in [0.2, 0.25) is 0 Å². The van der Waals surface area contributed by atoms with Crippen molar-refractivity contribution in [3.63, 3.8) is 0 Å². The van der Waals surface area contributed by atoms with E-state index in [2.05, 4.69) is 20.8 Å². The fraction of sp³-hybridized carbons (Fsp3) is 0.765. The fourth-order valence-corrected chi connectivity index (χ4v) is 5.31. The summed E-state index contributed by atoms with van der Waals surface area (Å²) in [6, 6.07) is 0. The van der Waals surface area contributed by atoms with Crippen molar-refractivity contribution in [3.8, 4) is 0 Å². The van der Waals surface area contributed by atoms with E-state index in [1.807, 2.05) is 6.92 Å². The highest BCUT2D eigenvalue weighted by atomic mass is 16.6. The molecule has 20 heavy (non-hydrogen) atoms. The van der Waals surface area contributed by atoms with Gasteiger partial charge in [-0.1, -0.05) is 27.2 Å². The molecule has 1 aliphatic heterocycles. The third-order valence-electron chi connectivity index (χ3n) is 6.11. The maximum Gasteiger partial charge on any atom is 0.306 e. The third kappa shape index (κ3) is 1.52. The van der Waals surface area contributed by atoms with Gasteiger partial charge < -0.3 is 4.74 Å². The Morgan fingerprint density at radius 1 is 1.15 bits per heavy atom. The smallest absolute Gasteiger partial charge is 0.306 e. The summed E-state index contributed by atoms with van der Waals surface area (Å²) in [5, 5.41) is 0. The van der Waals surface area contributed by atoms with Crippen LogP contribution in [0.25, 0.3) is 0 Å².